The van der Waals surface area contributed by atoms with Gasteiger partial charge in [0.1, 0.15) is 5.70 Å². The summed E-state index contributed by atoms with van der Waals surface area (Å²) < 4.78 is 0. The summed E-state index contributed by atoms with van der Waals surface area (Å²) >= 11 is 0. The normalized spacial score (nSPS) is 14.7. The van der Waals surface area contributed by atoms with Gasteiger partial charge >= 0.3 is 0 Å². The van der Waals surface area contributed by atoms with Crippen molar-refractivity contribution in [1.29, 1.82) is 0 Å². The monoisotopic (exact) mass is 407 g/mol. The molecule has 7 nitrogen and oxygen atoms in total. The first-order chi connectivity index (χ1) is 14.0. The first-order valence-corrected chi connectivity index (χ1v) is 9.75. The number of hydrogen-bond donors (Lipinski definition) is 1. The minimum Gasteiger partial charge on any atom is -0.350 e. The molecule has 1 aliphatic heterocycles. The lowest BCUT2D eigenvalue weighted by molar-refractivity contribution is -0.384. The smallest absolute Gasteiger partial charge is 0.278 e. The summed E-state index contributed by atoms with van der Waals surface area (Å²) in [7, 11) is 0. The molecule has 1 heterocycles. The van der Waals surface area contributed by atoms with E-state index in [1.807, 2.05) is 24.3 Å². The number of carbonyl (C=O) groups is 2. The van der Waals surface area contributed by atoms with Gasteiger partial charge in [0.2, 0.25) is 0 Å². The summed E-state index contributed by atoms with van der Waals surface area (Å²) in [6.07, 6.45) is 0. The molecule has 0 radical (unpaired) electrons. The molecule has 7 heteroatoms. The number of rotatable bonds is 5. The van der Waals surface area contributed by atoms with Crippen LogP contribution in [0.5, 0.6) is 0 Å². The van der Waals surface area contributed by atoms with Crippen LogP contribution in [0.25, 0.3) is 5.57 Å². The summed E-state index contributed by atoms with van der Waals surface area (Å²) in [5.41, 5.74) is 2.59. The fourth-order valence-corrected chi connectivity index (χ4v) is 3.35. The van der Waals surface area contributed by atoms with Gasteiger partial charge in [-0.15, -0.1) is 0 Å². The Morgan fingerprint density at radius 1 is 0.933 bits per heavy atom. The Kier molecular flexibility index (Phi) is 5.48. The van der Waals surface area contributed by atoms with Crippen LogP contribution in [0.1, 0.15) is 45.7 Å². The number of nitrogens with one attached hydrogen (secondary N) is 1. The summed E-state index contributed by atoms with van der Waals surface area (Å²) in [6.45, 7) is 9.88. The van der Waals surface area contributed by atoms with Gasteiger partial charge in [0, 0.05) is 23.9 Å². The first-order valence-electron chi connectivity index (χ1n) is 9.75. The number of amides is 2. The number of nitro groups is 1. The third kappa shape index (κ3) is 3.96. The van der Waals surface area contributed by atoms with E-state index in [1.165, 1.54) is 29.2 Å². The van der Waals surface area contributed by atoms with Crippen LogP contribution in [0.15, 0.2) is 54.2 Å². The highest BCUT2D eigenvalue weighted by atomic mass is 16.6. The third-order valence-electron chi connectivity index (χ3n) is 5.02. The fraction of sp³-hybridized carbons (Fsp3) is 0.304. The summed E-state index contributed by atoms with van der Waals surface area (Å²) in [5, 5.41) is 14.1. The van der Waals surface area contributed by atoms with Gasteiger partial charge in [-0.25, -0.2) is 0 Å². The molecule has 0 aromatic heterocycles. The number of benzene rings is 2. The van der Waals surface area contributed by atoms with Crippen molar-refractivity contribution in [2.24, 2.45) is 0 Å². The van der Waals surface area contributed by atoms with E-state index in [0.717, 1.165) is 5.56 Å². The lowest BCUT2D eigenvalue weighted by Crippen LogP contribution is -2.38. The maximum atomic E-state index is 13.0. The molecule has 2 amide bonds. The zero-order chi connectivity index (χ0) is 22.2. The molecule has 30 heavy (non-hydrogen) atoms. The number of non-ortho nitro benzene ring substituents is 1. The largest absolute Gasteiger partial charge is 0.350 e. The van der Waals surface area contributed by atoms with Crippen LogP contribution in [0.3, 0.4) is 0 Å². The first kappa shape index (κ1) is 21.2. The van der Waals surface area contributed by atoms with Crippen LogP contribution >= 0.6 is 0 Å². The van der Waals surface area contributed by atoms with Crippen molar-refractivity contribution in [2.45, 2.75) is 46.1 Å². The van der Waals surface area contributed by atoms with Crippen LogP contribution in [0.4, 0.5) is 11.4 Å². The molecule has 1 N–H and O–H groups in total. The summed E-state index contributed by atoms with van der Waals surface area (Å²) in [5.74, 6) is -0.832. The second-order valence-electron chi connectivity index (χ2n) is 8.58. The molecule has 0 saturated heterocycles. The lowest BCUT2D eigenvalue weighted by Gasteiger charge is -2.20. The Morgan fingerprint density at radius 3 is 1.97 bits per heavy atom. The highest BCUT2D eigenvalue weighted by molar-refractivity contribution is 6.36. The van der Waals surface area contributed by atoms with E-state index in [9.17, 15) is 19.7 Å². The van der Waals surface area contributed by atoms with E-state index in [-0.39, 0.29) is 28.4 Å². The summed E-state index contributed by atoms with van der Waals surface area (Å²) in [4.78, 5) is 37.7. The van der Waals surface area contributed by atoms with E-state index in [0.29, 0.717) is 11.3 Å². The van der Waals surface area contributed by atoms with Crippen LogP contribution < -0.4 is 5.32 Å². The van der Waals surface area contributed by atoms with Gasteiger partial charge in [-0.1, -0.05) is 32.9 Å². The second-order valence-corrected chi connectivity index (χ2v) is 8.58. The molecule has 0 unspecified atom stereocenters. The Morgan fingerprint density at radius 2 is 1.50 bits per heavy atom. The van der Waals surface area contributed by atoms with Crippen molar-refractivity contribution in [3.05, 3.63) is 75.5 Å². The molecule has 2 aromatic rings. The van der Waals surface area contributed by atoms with Crippen molar-refractivity contribution in [3.8, 4) is 0 Å². The molecular formula is C23H25N3O4. The van der Waals surface area contributed by atoms with Gasteiger partial charge in [-0.2, -0.15) is 0 Å². The lowest BCUT2D eigenvalue weighted by atomic mass is 9.87. The minimum absolute atomic E-state index is 0.00466. The SMILES string of the molecule is CC(C)N1C(=O)C(Nc2ccc(C(C)(C)C)cc2)=C(c2ccc([N+](=O)[O-])cc2)C1=O. The van der Waals surface area contributed by atoms with Crippen molar-refractivity contribution < 1.29 is 14.5 Å². The average Bonchev–Trinajstić information content (AvgIpc) is 2.91. The zero-order valence-electron chi connectivity index (χ0n) is 17.7. The molecule has 0 atom stereocenters. The fourth-order valence-electron chi connectivity index (χ4n) is 3.35. The van der Waals surface area contributed by atoms with Gasteiger partial charge in [0.15, 0.2) is 0 Å². The van der Waals surface area contributed by atoms with E-state index < -0.39 is 16.7 Å². The van der Waals surface area contributed by atoms with Crippen LogP contribution in [0, 0.1) is 10.1 Å². The predicted octanol–water partition coefficient (Wildman–Crippen LogP) is 4.49. The second kappa shape index (κ2) is 7.74. The van der Waals surface area contributed by atoms with Crippen LogP contribution in [-0.4, -0.2) is 27.7 Å². The number of imide groups is 1. The Bertz CT molecular complexity index is 1030. The van der Waals surface area contributed by atoms with Crippen LogP contribution in [-0.2, 0) is 15.0 Å². The molecule has 1 aliphatic rings. The highest BCUT2D eigenvalue weighted by Gasteiger charge is 2.40. The number of nitrogens with zero attached hydrogens (tertiary/aromatic N) is 2. The van der Waals surface area contributed by atoms with Gasteiger partial charge < -0.3 is 5.32 Å². The third-order valence-corrected chi connectivity index (χ3v) is 5.02. The number of hydrogen-bond acceptors (Lipinski definition) is 5. The maximum Gasteiger partial charge on any atom is 0.278 e. The average molecular weight is 407 g/mol. The molecule has 156 valence electrons. The Hall–Kier alpha value is -3.48. The molecule has 0 spiro atoms. The minimum atomic E-state index is -0.504. The molecule has 3 rings (SSSR count). The van der Waals surface area contributed by atoms with Crippen molar-refractivity contribution >= 4 is 28.8 Å². The number of nitro benzene ring substituents is 1. The molecular weight excluding hydrogens is 382 g/mol. The van der Waals surface area contributed by atoms with Crippen molar-refractivity contribution in [1.82, 2.24) is 4.90 Å². The van der Waals surface area contributed by atoms with E-state index in [1.54, 1.807) is 13.8 Å². The quantitative estimate of drug-likeness (QED) is 0.448. The standard InChI is InChI=1S/C23H25N3O4/c1-14(2)25-21(27)19(15-6-12-18(13-7-15)26(29)30)20(22(25)28)24-17-10-8-16(9-11-17)23(3,4)5/h6-14,24H,1-5H3. The topological polar surface area (TPSA) is 92.6 Å². The van der Waals surface area contributed by atoms with Gasteiger partial charge in [-0.3, -0.25) is 24.6 Å². The van der Waals surface area contributed by atoms with Gasteiger partial charge in [-0.05, 0) is 54.7 Å². The zero-order valence-corrected chi connectivity index (χ0v) is 17.7. The van der Waals surface area contributed by atoms with Crippen molar-refractivity contribution in [3.63, 3.8) is 0 Å². The highest BCUT2D eigenvalue weighted by Crippen LogP contribution is 2.33. The maximum absolute atomic E-state index is 13.0. The molecule has 0 bridgehead atoms. The summed E-state index contributed by atoms with van der Waals surface area (Å²) in [6, 6.07) is 13.0. The van der Waals surface area contributed by atoms with E-state index >= 15 is 0 Å². The van der Waals surface area contributed by atoms with Gasteiger partial charge in [0.25, 0.3) is 17.5 Å². The molecule has 0 aliphatic carbocycles. The van der Waals surface area contributed by atoms with Gasteiger partial charge in [0.05, 0.1) is 10.5 Å². The number of carbonyl (C=O) groups excluding carboxylic acids is 2. The molecule has 2 aromatic carbocycles. The van der Waals surface area contributed by atoms with Crippen LogP contribution in [0.2, 0.25) is 0 Å². The van der Waals surface area contributed by atoms with E-state index in [4.69, 9.17) is 0 Å². The number of anilines is 1. The van der Waals surface area contributed by atoms with E-state index in [2.05, 4.69) is 26.1 Å². The Labute approximate surface area is 175 Å². The Balaban J connectivity index is 2.04. The predicted molar refractivity (Wildman–Crippen MR) is 116 cm³/mol. The molecule has 0 saturated carbocycles. The van der Waals surface area contributed by atoms with Crippen molar-refractivity contribution in [2.75, 3.05) is 5.32 Å². The molecule has 0 fully saturated rings.